The molecule has 1 fully saturated rings. The van der Waals surface area contributed by atoms with Crippen molar-refractivity contribution in [3.05, 3.63) is 71.6 Å². The lowest BCUT2D eigenvalue weighted by molar-refractivity contribution is 0.0697. The van der Waals surface area contributed by atoms with E-state index in [9.17, 15) is 18.3 Å². The monoisotopic (exact) mass is 443 g/mol. The number of sulfonamides is 1. The number of piperazine rings is 1. The van der Waals surface area contributed by atoms with Gasteiger partial charge in [0, 0.05) is 37.6 Å². The van der Waals surface area contributed by atoms with E-state index in [1.807, 2.05) is 23.1 Å². The van der Waals surface area contributed by atoms with Crippen molar-refractivity contribution < 1.29 is 18.3 Å². The second-order valence-corrected chi connectivity index (χ2v) is 9.74. The smallest absolute Gasteiger partial charge is 0.337 e. The number of carbonyl (C=O) groups is 1. The van der Waals surface area contributed by atoms with Gasteiger partial charge in [0.1, 0.15) is 4.21 Å². The Labute approximate surface area is 179 Å². The van der Waals surface area contributed by atoms with E-state index in [0.29, 0.717) is 18.8 Å². The van der Waals surface area contributed by atoms with E-state index in [1.54, 1.807) is 23.6 Å². The summed E-state index contributed by atoms with van der Waals surface area (Å²) in [6.07, 6.45) is 0. The molecular formula is C21H21N3O4S2. The highest BCUT2D eigenvalue weighted by Gasteiger charge is 2.23. The van der Waals surface area contributed by atoms with E-state index in [1.165, 1.54) is 12.1 Å². The number of aromatic carboxylic acids is 1. The molecule has 3 aromatic rings. The van der Waals surface area contributed by atoms with E-state index < -0.39 is 16.0 Å². The number of carboxylic acids is 1. The van der Waals surface area contributed by atoms with Gasteiger partial charge in [-0.25, -0.2) is 13.2 Å². The van der Waals surface area contributed by atoms with Gasteiger partial charge in [-0.3, -0.25) is 4.72 Å². The zero-order valence-corrected chi connectivity index (χ0v) is 17.7. The van der Waals surface area contributed by atoms with Gasteiger partial charge in [-0.05, 0) is 41.8 Å². The summed E-state index contributed by atoms with van der Waals surface area (Å²) in [6.45, 7) is 2.90. The number of para-hydroxylation sites is 1. The molecule has 1 aromatic heterocycles. The van der Waals surface area contributed by atoms with Crippen LogP contribution in [0.1, 0.15) is 10.4 Å². The fourth-order valence-corrected chi connectivity index (χ4v) is 5.56. The molecule has 1 aliphatic rings. The van der Waals surface area contributed by atoms with Crippen LogP contribution < -0.4 is 14.5 Å². The normalized spacial score (nSPS) is 14.5. The predicted octanol–water partition coefficient (Wildman–Crippen LogP) is 3.57. The molecule has 0 unspecified atom stereocenters. The van der Waals surface area contributed by atoms with Crippen LogP contribution in [0.25, 0.3) is 0 Å². The molecule has 0 radical (unpaired) electrons. The molecule has 30 heavy (non-hydrogen) atoms. The number of hydrogen-bond acceptors (Lipinski definition) is 6. The Morgan fingerprint density at radius 2 is 1.63 bits per heavy atom. The molecule has 0 amide bonds. The highest BCUT2D eigenvalue weighted by Crippen LogP contribution is 2.28. The van der Waals surface area contributed by atoms with Gasteiger partial charge in [-0.15, -0.1) is 11.3 Å². The standard InChI is InChI=1S/C21H21N3O4S2/c25-21(26)18-15-16(22-30(27,28)20-7-4-14-29-20)8-9-19(18)24-12-10-23(11-13-24)17-5-2-1-3-6-17/h1-9,14-15,22H,10-13H2,(H,25,26). The Morgan fingerprint density at radius 3 is 2.27 bits per heavy atom. The average Bonchev–Trinajstić information content (AvgIpc) is 3.30. The van der Waals surface area contributed by atoms with Crippen LogP contribution in [-0.4, -0.2) is 45.7 Å². The van der Waals surface area contributed by atoms with Crippen molar-refractivity contribution in [3.63, 3.8) is 0 Å². The molecule has 0 aliphatic carbocycles. The van der Waals surface area contributed by atoms with Gasteiger partial charge in [-0.2, -0.15) is 0 Å². The maximum atomic E-state index is 12.4. The number of thiophene rings is 1. The lowest BCUT2D eigenvalue weighted by Crippen LogP contribution is -2.47. The fourth-order valence-electron chi connectivity index (χ4n) is 3.51. The molecule has 0 saturated carbocycles. The molecule has 0 spiro atoms. The number of nitrogens with zero attached hydrogens (tertiary/aromatic N) is 2. The molecule has 156 valence electrons. The van der Waals surface area contributed by atoms with Gasteiger partial charge in [0.2, 0.25) is 0 Å². The van der Waals surface area contributed by atoms with Crippen molar-refractivity contribution >= 4 is 44.4 Å². The zero-order valence-electron chi connectivity index (χ0n) is 16.1. The van der Waals surface area contributed by atoms with E-state index in [-0.39, 0.29) is 15.5 Å². The van der Waals surface area contributed by atoms with Crippen LogP contribution in [0.5, 0.6) is 0 Å². The Kier molecular flexibility index (Phi) is 5.65. The lowest BCUT2D eigenvalue weighted by Gasteiger charge is -2.38. The Hall–Kier alpha value is -3.04. The number of nitrogens with one attached hydrogen (secondary N) is 1. The van der Waals surface area contributed by atoms with Gasteiger partial charge < -0.3 is 14.9 Å². The first-order chi connectivity index (χ1) is 14.4. The third-order valence-electron chi connectivity index (χ3n) is 4.98. The van der Waals surface area contributed by atoms with Crippen LogP contribution in [0.4, 0.5) is 17.1 Å². The highest BCUT2D eigenvalue weighted by molar-refractivity contribution is 7.94. The topological polar surface area (TPSA) is 89.9 Å². The van der Waals surface area contributed by atoms with E-state index in [4.69, 9.17) is 0 Å². The fraction of sp³-hybridized carbons (Fsp3) is 0.190. The van der Waals surface area contributed by atoms with Crippen LogP contribution in [-0.2, 0) is 10.0 Å². The van der Waals surface area contributed by atoms with Gasteiger partial charge in [0.05, 0.1) is 11.3 Å². The molecule has 2 heterocycles. The maximum Gasteiger partial charge on any atom is 0.337 e. The molecule has 7 nitrogen and oxygen atoms in total. The van der Waals surface area contributed by atoms with Crippen molar-refractivity contribution in [2.45, 2.75) is 4.21 Å². The second kappa shape index (κ2) is 8.37. The molecule has 2 N–H and O–H groups in total. The lowest BCUT2D eigenvalue weighted by atomic mass is 10.1. The summed E-state index contributed by atoms with van der Waals surface area (Å²) in [7, 11) is -3.73. The molecular weight excluding hydrogens is 422 g/mol. The van der Waals surface area contributed by atoms with Crippen molar-refractivity contribution in [3.8, 4) is 0 Å². The highest BCUT2D eigenvalue weighted by atomic mass is 32.2. The minimum absolute atomic E-state index is 0.0783. The summed E-state index contributed by atoms with van der Waals surface area (Å²) < 4.78 is 27.5. The molecule has 2 aromatic carbocycles. The summed E-state index contributed by atoms with van der Waals surface area (Å²) in [5.74, 6) is -1.09. The summed E-state index contributed by atoms with van der Waals surface area (Å²) in [6, 6.07) is 17.9. The van der Waals surface area contributed by atoms with Gasteiger partial charge in [0.15, 0.2) is 0 Å². The number of hydrogen-bond donors (Lipinski definition) is 2. The van der Waals surface area contributed by atoms with Crippen LogP contribution in [0, 0.1) is 0 Å². The summed E-state index contributed by atoms with van der Waals surface area (Å²) in [4.78, 5) is 16.2. The molecule has 0 atom stereocenters. The van der Waals surface area contributed by atoms with Crippen LogP contribution in [0.3, 0.4) is 0 Å². The summed E-state index contributed by atoms with van der Waals surface area (Å²) >= 11 is 1.10. The quantitative estimate of drug-likeness (QED) is 0.605. The van der Waals surface area contributed by atoms with Crippen molar-refractivity contribution in [2.24, 2.45) is 0 Å². The average molecular weight is 444 g/mol. The van der Waals surface area contributed by atoms with Crippen LogP contribution >= 0.6 is 11.3 Å². The van der Waals surface area contributed by atoms with E-state index >= 15 is 0 Å². The second-order valence-electron chi connectivity index (χ2n) is 6.88. The van der Waals surface area contributed by atoms with E-state index in [2.05, 4.69) is 21.8 Å². The van der Waals surface area contributed by atoms with Gasteiger partial charge in [0.25, 0.3) is 10.0 Å². The van der Waals surface area contributed by atoms with E-state index in [0.717, 1.165) is 30.1 Å². The van der Waals surface area contributed by atoms with Crippen molar-refractivity contribution in [1.82, 2.24) is 0 Å². The van der Waals surface area contributed by atoms with Gasteiger partial charge >= 0.3 is 5.97 Å². The Morgan fingerprint density at radius 1 is 0.933 bits per heavy atom. The van der Waals surface area contributed by atoms with Crippen LogP contribution in [0.2, 0.25) is 0 Å². The van der Waals surface area contributed by atoms with Gasteiger partial charge in [-0.1, -0.05) is 24.3 Å². The predicted molar refractivity (Wildman–Crippen MR) is 119 cm³/mol. The minimum atomic E-state index is -3.73. The molecule has 0 bridgehead atoms. The Bertz CT molecular complexity index is 1120. The van der Waals surface area contributed by atoms with Crippen LogP contribution in [0.15, 0.2) is 70.3 Å². The Balaban J connectivity index is 1.52. The first kappa shape index (κ1) is 20.2. The molecule has 1 saturated heterocycles. The zero-order chi connectivity index (χ0) is 21.1. The first-order valence-electron chi connectivity index (χ1n) is 9.43. The number of carboxylic acid groups (broad SMARTS) is 1. The minimum Gasteiger partial charge on any atom is -0.478 e. The number of anilines is 3. The summed E-state index contributed by atoms with van der Waals surface area (Å²) in [5, 5.41) is 11.4. The molecule has 1 aliphatic heterocycles. The first-order valence-corrected chi connectivity index (χ1v) is 11.8. The SMILES string of the molecule is O=C(O)c1cc(NS(=O)(=O)c2cccs2)ccc1N1CCN(c2ccccc2)CC1. The third kappa shape index (κ3) is 4.27. The molecule has 9 heteroatoms. The third-order valence-corrected chi connectivity index (χ3v) is 7.76. The van der Waals surface area contributed by atoms with Crippen molar-refractivity contribution in [2.75, 3.05) is 40.7 Å². The molecule has 4 rings (SSSR count). The maximum absolute atomic E-state index is 12.4. The number of benzene rings is 2. The number of rotatable bonds is 6. The summed E-state index contributed by atoms with van der Waals surface area (Å²) in [5.41, 5.74) is 2.05. The van der Waals surface area contributed by atoms with Crippen molar-refractivity contribution in [1.29, 1.82) is 0 Å². The largest absolute Gasteiger partial charge is 0.478 e.